The summed E-state index contributed by atoms with van der Waals surface area (Å²) < 4.78 is 10.7. The topological polar surface area (TPSA) is 118 Å². The predicted molar refractivity (Wildman–Crippen MR) is 114 cm³/mol. The number of furan rings is 1. The first-order valence-electron chi connectivity index (χ1n) is 9.24. The van der Waals surface area contributed by atoms with Crippen molar-refractivity contribution >= 4 is 29.5 Å². The summed E-state index contributed by atoms with van der Waals surface area (Å²) in [6.07, 6.45) is 1.39. The Morgan fingerprint density at radius 2 is 1.74 bits per heavy atom. The number of carboxylic acid groups (broad SMARTS) is 1. The minimum Gasteiger partial charge on any atom is -0.495 e. The molecule has 1 aromatic heterocycles. The minimum absolute atomic E-state index is 0.0309. The van der Waals surface area contributed by atoms with E-state index >= 15 is 0 Å². The van der Waals surface area contributed by atoms with Crippen LogP contribution in [0.15, 0.2) is 70.8 Å². The number of benzene rings is 2. The summed E-state index contributed by atoms with van der Waals surface area (Å²) in [5.41, 5.74) is 0.382. The standard InChI is InChI=1S/C23H20N2O6/c1-14-8-10-17(31-14)13-19(25-21(26)15-6-4-3-5-7-15)22(27)24-18-12-16(23(28)29)9-11-20(18)30-2/h3-13H,1-2H3,(H,24,27)(H,25,26)(H,28,29)/b19-13+. The van der Waals surface area contributed by atoms with Crippen LogP contribution in [0.3, 0.4) is 0 Å². The number of amides is 2. The van der Waals surface area contributed by atoms with Crippen molar-refractivity contribution in [3.8, 4) is 5.75 Å². The number of hydrogen-bond acceptors (Lipinski definition) is 5. The number of nitrogens with one attached hydrogen (secondary N) is 2. The van der Waals surface area contributed by atoms with E-state index in [1.165, 1.54) is 31.4 Å². The smallest absolute Gasteiger partial charge is 0.335 e. The maximum absolute atomic E-state index is 13.0. The second-order valence-electron chi connectivity index (χ2n) is 6.50. The fourth-order valence-electron chi connectivity index (χ4n) is 2.74. The summed E-state index contributed by atoms with van der Waals surface area (Å²) in [5.74, 6) is -1.06. The highest BCUT2D eigenvalue weighted by Gasteiger charge is 2.18. The lowest BCUT2D eigenvalue weighted by molar-refractivity contribution is -0.113. The van der Waals surface area contributed by atoms with Gasteiger partial charge < -0.3 is 24.9 Å². The molecule has 0 saturated carbocycles. The lowest BCUT2D eigenvalue weighted by atomic mass is 10.1. The number of aryl methyl sites for hydroxylation is 1. The van der Waals surface area contributed by atoms with E-state index < -0.39 is 17.8 Å². The molecule has 0 saturated heterocycles. The maximum Gasteiger partial charge on any atom is 0.335 e. The normalized spacial score (nSPS) is 11.0. The van der Waals surface area contributed by atoms with Crippen molar-refractivity contribution in [3.05, 3.63) is 89.0 Å². The van der Waals surface area contributed by atoms with Gasteiger partial charge in [-0.2, -0.15) is 0 Å². The Labute approximate surface area is 178 Å². The molecule has 0 unspecified atom stereocenters. The van der Waals surface area contributed by atoms with Gasteiger partial charge in [0.15, 0.2) is 0 Å². The number of ether oxygens (including phenoxy) is 1. The summed E-state index contributed by atoms with van der Waals surface area (Å²) in [6.45, 7) is 1.75. The van der Waals surface area contributed by atoms with Crippen LogP contribution in [0.2, 0.25) is 0 Å². The van der Waals surface area contributed by atoms with E-state index in [0.717, 1.165) is 0 Å². The molecule has 0 radical (unpaired) electrons. The number of carboxylic acids is 1. The van der Waals surface area contributed by atoms with Crippen molar-refractivity contribution in [2.45, 2.75) is 6.92 Å². The van der Waals surface area contributed by atoms with Gasteiger partial charge in [-0.3, -0.25) is 9.59 Å². The second-order valence-corrected chi connectivity index (χ2v) is 6.50. The van der Waals surface area contributed by atoms with Gasteiger partial charge in [0, 0.05) is 11.6 Å². The molecular weight excluding hydrogens is 400 g/mol. The molecule has 2 amide bonds. The first-order chi connectivity index (χ1) is 14.9. The third-order valence-electron chi connectivity index (χ3n) is 4.27. The van der Waals surface area contributed by atoms with E-state index in [9.17, 15) is 19.5 Å². The van der Waals surface area contributed by atoms with Crippen LogP contribution >= 0.6 is 0 Å². The molecular formula is C23H20N2O6. The number of hydrogen-bond donors (Lipinski definition) is 3. The first kappa shape index (κ1) is 21.4. The van der Waals surface area contributed by atoms with E-state index in [0.29, 0.717) is 17.1 Å². The molecule has 1 heterocycles. The van der Waals surface area contributed by atoms with Crippen molar-refractivity contribution in [1.82, 2.24) is 5.32 Å². The fourth-order valence-corrected chi connectivity index (χ4v) is 2.74. The molecule has 8 heteroatoms. The first-order valence-corrected chi connectivity index (χ1v) is 9.24. The molecule has 0 fully saturated rings. The predicted octanol–water partition coefficient (Wildman–Crippen LogP) is 3.70. The number of carbonyl (C=O) groups is 3. The summed E-state index contributed by atoms with van der Waals surface area (Å²) in [7, 11) is 1.39. The summed E-state index contributed by atoms with van der Waals surface area (Å²) in [5, 5.41) is 14.4. The third kappa shape index (κ3) is 5.39. The van der Waals surface area contributed by atoms with Crippen LogP contribution in [0.5, 0.6) is 5.75 Å². The Kier molecular flexibility index (Phi) is 6.51. The fraction of sp³-hybridized carbons (Fsp3) is 0.0870. The second kappa shape index (κ2) is 9.45. The summed E-state index contributed by atoms with van der Waals surface area (Å²) in [6, 6.07) is 15.8. The van der Waals surface area contributed by atoms with Crippen molar-refractivity contribution < 1.29 is 28.6 Å². The quantitative estimate of drug-likeness (QED) is 0.502. The zero-order valence-corrected chi connectivity index (χ0v) is 16.8. The molecule has 158 valence electrons. The average Bonchev–Trinajstić information content (AvgIpc) is 3.18. The third-order valence-corrected chi connectivity index (χ3v) is 4.27. The molecule has 0 spiro atoms. The summed E-state index contributed by atoms with van der Waals surface area (Å²) >= 11 is 0. The Bertz CT molecular complexity index is 1150. The molecule has 0 aliphatic carbocycles. The zero-order chi connectivity index (χ0) is 22.4. The van der Waals surface area contributed by atoms with Crippen molar-refractivity contribution in [3.63, 3.8) is 0 Å². The molecule has 8 nitrogen and oxygen atoms in total. The van der Waals surface area contributed by atoms with Crippen LogP contribution in [0, 0.1) is 6.92 Å². The highest BCUT2D eigenvalue weighted by atomic mass is 16.5. The van der Waals surface area contributed by atoms with Crippen LogP contribution in [0.1, 0.15) is 32.2 Å². The molecule has 0 atom stereocenters. The minimum atomic E-state index is -1.16. The van der Waals surface area contributed by atoms with E-state index in [2.05, 4.69) is 10.6 Å². The molecule has 0 aliphatic heterocycles. The highest BCUT2D eigenvalue weighted by molar-refractivity contribution is 6.11. The molecule has 3 rings (SSSR count). The largest absolute Gasteiger partial charge is 0.495 e. The van der Waals surface area contributed by atoms with Gasteiger partial charge >= 0.3 is 5.97 Å². The van der Waals surface area contributed by atoms with Crippen LogP contribution in [0.25, 0.3) is 6.08 Å². The van der Waals surface area contributed by atoms with E-state index in [1.807, 2.05) is 0 Å². The molecule has 0 aliphatic rings. The molecule has 0 bridgehead atoms. The Hall–Kier alpha value is -4.33. The van der Waals surface area contributed by atoms with Gasteiger partial charge in [-0.05, 0) is 49.4 Å². The average molecular weight is 420 g/mol. The Morgan fingerprint density at radius 3 is 2.35 bits per heavy atom. The van der Waals surface area contributed by atoms with E-state index in [1.54, 1.807) is 49.4 Å². The maximum atomic E-state index is 13.0. The number of methoxy groups -OCH3 is 1. The Morgan fingerprint density at radius 1 is 1.00 bits per heavy atom. The highest BCUT2D eigenvalue weighted by Crippen LogP contribution is 2.26. The Balaban J connectivity index is 1.93. The van der Waals surface area contributed by atoms with E-state index in [-0.39, 0.29) is 22.7 Å². The van der Waals surface area contributed by atoms with Gasteiger partial charge in [-0.1, -0.05) is 18.2 Å². The number of carbonyl (C=O) groups excluding carboxylic acids is 2. The molecule has 3 N–H and O–H groups in total. The molecule has 2 aromatic carbocycles. The van der Waals surface area contributed by atoms with Gasteiger partial charge in [0.25, 0.3) is 11.8 Å². The lowest BCUT2D eigenvalue weighted by Gasteiger charge is -2.13. The van der Waals surface area contributed by atoms with Gasteiger partial charge in [0.1, 0.15) is 23.0 Å². The van der Waals surface area contributed by atoms with Crippen LogP contribution in [-0.2, 0) is 4.79 Å². The van der Waals surface area contributed by atoms with Crippen LogP contribution in [0.4, 0.5) is 5.69 Å². The van der Waals surface area contributed by atoms with Crippen LogP contribution in [-0.4, -0.2) is 30.0 Å². The van der Waals surface area contributed by atoms with Gasteiger partial charge in [-0.25, -0.2) is 4.79 Å². The summed E-state index contributed by atoms with van der Waals surface area (Å²) in [4.78, 5) is 36.9. The van der Waals surface area contributed by atoms with Crippen molar-refractivity contribution in [2.75, 3.05) is 12.4 Å². The van der Waals surface area contributed by atoms with Crippen LogP contribution < -0.4 is 15.4 Å². The monoisotopic (exact) mass is 420 g/mol. The number of anilines is 1. The van der Waals surface area contributed by atoms with Gasteiger partial charge in [0.2, 0.25) is 0 Å². The van der Waals surface area contributed by atoms with E-state index in [4.69, 9.17) is 9.15 Å². The van der Waals surface area contributed by atoms with Crippen molar-refractivity contribution in [1.29, 1.82) is 0 Å². The number of aromatic carboxylic acids is 1. The van der Waals surface area contributed by atoms with Gasteiger partial charge in [-0.15, -0.1) is 0 Å². The van der Waals surface area contributed by atoms with Crippen molar-refractivity contribution in [2.24, 2.45) is 0 Å². The molecule has 3 aromatic rings. The number of rotatable bonds is 7. The SMILES string of the molecule is COc1ccc(C(=O)O)cc1NC(=O)/C(=C\c1ccc(C)o1)NC(=O)c1ccccc1. The van der Waals surface area contributed by atoms with Gasteiger partial charge in [0.05, 0.1) is 18.4 Å². The lowest BCUT2D eigenvalue weighted by Crippen LogP contribution is -2.30. The molecule has 31 heavy (non-hydrogen) atoms. The zero-order valence-electron chi connectivity index (χ0n) is 16.8.